The van der Waals surface area contributed by atoms with Crippen LogP contribution in [0.3, 0.4) is 0 Å². The fraction of sp³-hybridized carbons (Fsp3) is 0.278. The van der Waals surface area contributed by atoms with Crippen LogP contribution < -0.4 is 10.6 Å². The first kappa shape index (κ1) is 17.4. The number of nitrogens with one attached hydrogen (secondary N) is 2. The molecule has 0 unspecified atom stereocenters. The van der Waals surface area contributed by atoms with Gasteiger partial charge in [0, 0.05) is 17.6 Å². The van der Waals surface area contributed by atoms with Crippen LogP contribution >= 0.6 is 11.6 Å². The molecule has 122 valence electrons. The molecule has 0 aliphatic heterocycles. The van der Waals surface area contributed by atoms with E-state index in [0.717, 1.165) is 5.56 Å². The van der Waals surface area contributed by atoms with Crippen LogP contribution in [0.4, 0.5) is 4.39 Å². The van der Waals surface area contributed by atoms with Gasteiger partial charge in [0.15, 0.2) is 0 Å². The van der Waals surface area contributed by atoms with Crippen molar-refractivity contribution in [2.24, 2.45) is 0 Å². The summed E-state index contributed by atoms with van der Waals surface area (Å²) in [5.41, 5.74) is 1.55. The number of benzene rings is 2. The molecule has 0 heterocycles. The maximum Gasteiger partial charge on any atom is 0.233 e. The van der Waals surface area contributed by atoms with E-state index >= 15 is 0 Å². The summed E-state index contributed by atoms with van der Waals surface area (Å²) in [4.78, 5) is 11.8. The number of carbonyl (C=O) groups excluding carboxylic acids is 1. The molecule has 0 radical (unpaired) electrons. The van der Waals surface area contributed by atoms with Crippen LogP contribution in [-0.2, 0) is 11.2 Å². The molecule has 23 heavy (non-hydrogen) atoms. The summed E-state index contributed by atoms with van der Waals surface area (Å²) in [6.07, 6.45) is 0.471. The van der Waals surface area contributed by atoms with Gasteiger partial charge in [-0.1, -0.05) is 48.0 Å². The molecule has 0 aromatic heterocycles. The average molecular weight is 335 g/mol. The first-order chi connectivity index (χ1) is 11.1. The fourth-order valence-corrected chi connectivity index (χ4v) is 2.58. The Morgan fingerprint density at radius 3 is 2.61 bits per heavy atom. The van der Waals surface area contributed by atoms with Crippen molar-refractivity contribution in [3.8, 4) is 0 Å². The van der Waals surface area contributed by atoms with Gasteiger partial charge in [0.25, 0.3) is 0 Å². The van der Waals surface area contributed by atoms with Crippen LogP contribution in [0.1, 0.15) is 24.1 Å². The molecule has 0 saturated carbocycles. The Hall–Kier alpha value is -1.91. The Balaban J connectivity index is 1.73. The van der Waals surface area contributed by atoms with Gasteiger partial charge in [-0.25, -0.2) is 4.39 Å². The van der Waals surface area contributed by atoms with E-state index in [1.807, 2.05) is 31.2 Å². The minimum Gasteiger partial charge on any atom is -0.355 e. The van der Waals surface area contributed by atoms with Crippen LogP contribution in [0, 0.1) is 5.82 Å². The third-order valence-corrected chi connectivity index (χ3v) is 3.96. The van der Waals surface area contributed by atoms with Crippen molar-refractivity contribution in [3.63, 3.8) is 0 Å². The standard InChI is InChI=1S/C18H20ClFN2O/c1-13(15-7-3-4-8-16(15)19)22-12-18(23)21-11-10-14-6-2-5-9-17(14)20/h2-9,13,22H,10-12H2,1H3,(H,21,23)/t13-/m0/s1. The number of amides is 1. The summed E-state index contributed by atoms with van der Waals surface area (Å²) in [6, 6.07) is 14.1. The molecular formula is C18H20ClFN2O. The van der Waals surface area contributed by atoms with Gasteiger partial charge >= 0.3 is 0 Å². The SMILES string of the molecule is C[C@H](NCC(=O)NCCc1ccccc1F)c1ccccc1Cl. The van der Waals surface area contributed by atoms with Gasteiger partial charge in [0.2, 0.25) is 5.91 Å². The van der Waals surface area contributed by atoms with E-state index in [1.165, 1.54) is 6.07 Å². The normalized spacial score (nSPS) is 12.0. The van der Waals surface area contributed by atoms with Crippen molar-refractivity contribution >= 4 is 17.5 Å². The molecule has 2 rings (SSSR count). The smallest absolute Gasteiger partial charge is 0.233 e. The van der Waals surface area contributed by atoms with Crippen molar-refractivity contribution in [2.75, 3.05) is 13.1 Å². The number of hydrogen-bond acceptors (Lipinski definition) is 2. The van der Waals surface area contributed by atoms with Crippen molar-refractivity contribution in [1.29, 1.82) is 0 Å². The zero-order valence-corrected chi connectivity index (χ0v) is 13.7. The first-order valence-electron chi connectivity index (χ1n) is 7.56. The highest BCUT2D eigenvalue weighted by Gasteiger charge is 2.10. The maximum absolute atomic E-state index is 13.5. The highest BCUT2D eigenvalue weighted by molar-refractivity contribution is 6.31. The van der Waals surface area contributed by atoms with Gasteiger partial charge in [-0.05, 0) is 36.6 Å². The Morgan fingerprint density at radius 1 is 1.17 bits per heavy atom. The lowest BCUT2D eigenvalue weighted by Gasteiger charge is -2.15. The Bertz CT molecular complexity index is 663. The molecule has 1 atom stereocenters. The molecule has 0 aliphatic carbocycles. The monoisotopic (exact) mass is 334 g/mol. The fourth-order valence-electron chi connectivity index (χ4n) is 2.28. The molecule has 2 aromatic rings. The summed E-state index contributed by atoms with van der Waals surface area (Å²) in [5.74, 6) is -0.368. The lowest BCUT2D eigenvalue weighted by Crippen LogP contribution is -2.36. The molecule has 0 spiro atoms. The Kier molecular flexibility index (Phi) is 6.56. The summed E-state index contributed by atoms with van der Waals surface area (Å²) in [7, 11) is 0. The quantitative estimate of drug-likeness (QED) is 0.813. The highest BCUT2D eigenvalue weighted by Crippen LogP contribution is 2.21. The van der Waals surface area contributed by atoms with Crippen molar-refractivity contribution in [1.82, 2.24) is 10.6 Å². The predicted octanol–water partition coefficient (Wildman–Crippen LogP) is 3.49. The van der Waals surface area contributed by atoms with Crippen LogP contribution in [-0.4, -0.2) is 19.0 Å². The summed E-state index contributed by atoms with van der Waals surface area (Å²) in [6.45, 7) is 2.54. The molecule has 3 nitrogen and oxygen atoms in total. The second kappa shape index (κ2) is 8.65. The number of halogens is 2. The average Bonchev–Trinajstić information content (AvgIpc) is 2.55. The maximum atomic E-state index is 13.5. The zero-order chi connectivity index (χ0) is 16.7. The van der Waals surface area contributed by atoms with Crippen LogP contribution in [0.5, 0.6) is 0 Å². The molecule has 2 aromatic carbocycles. The van der Waals surface area contributed by atoms with Gasteiger partial charge < -0.3 is 10.6 Å². The predicted molar refractivity (Wildman–Crippen MR) is 91.0 cm³/mol. The van der Waals surface area contributed by atoms with E-state index in [1.54, 1.807) is 18.2 Å². The lowest BCUT2D eigenvalue weighted by atomic mass is 10.1. The van der Waals surface area contributed by atoms with Gasteiger partial charge in [-0.15, -0.1) is 0 Å². The van der Waals surface area contributed by atoms with E-state index in [-0.39, 0.29) is 24.3 Å². The van der Waals surface area contributed by atoms with Gasteiger partial charge in [-0.2, -0.15) is 0 Å². The van der Waals surface area contributed by atoms with Gasteiger partial charge in [0.05, 0.1) is 6.54 Å². The van der Waals surface area contributed by atoms with E-state index in [9.17, 15) is 9.18 Å². The minimum atomic E-state index is -0.243. The van der Waals surface area contributed by atoms with Crippen molar-refractivity contribution < 1.29 is 9.18 Å². The van der Waals surface area contributed by atoms with Gasteiger partial charge in [0.1, 0.15) is 5.82 Å². The van der Waals surface area contributed by atoms with Crippen LogP contribution in [0.2, 0.25) is 5.02 Å². The van der Waals surface area contributed by atoms with Gasteiger partial charge in [-0.3, -0.25) is 4.79 Å². The molecule has 1 amide bonds. The van der Waals surface area contributed by atoms with E-state index < -0.39 is 0 Å². The first-order valence-corrected chi connectivity index (χ1v) is 7.93. The summed E-state index contributed by atoms with van der Waals surface area (Å²) >= 11 is 6.12. The number of rotatable bonds is 7. The largest absolute Gasteiger partial charge is 0.355 e. The molecule has 0 fully saturated rings. The third-order valence-electron chi connectivity index (χ3n) is 3.61. The van der Waals surface area contributed by atoms with Crippen molar-refractivity contribution in [3.05, 3.63) is 70.5 Å². The minimum absolute atomic E-state index is 0.0268. The highest BCUT2D eigenvalue weighted by atomic mass is 35.5. The van der Waals surface area contributed by atoms with Crippen LogP contribution in [0.25, 0.3) is 0 Å². The number of carbonyl (C=O) groups is 1. The van der Waals surface area contributed by atoms with Crippen molar-refractivity contribution in [2.45, 2.75) is 19.4 Å². The second-order valence-corrected chi connectivity index (χ2v) is 5.72. The summed E-state index contributed by atoms with van der Waals surface area (Å²) in [5, 5.41) is 6.58. The Morgan fingerprint density at radius 2 is 1.87 bits per heavy atom. The summed E-state index contributed by atoms with van der Waals surface area (Å²) < 4.78 is 13.5. The molecule has 2 N–H and O–H groups in total. The molecule has 5 heteroatoms. The molecule has 0 aliphatic rings. The van der Waals surface area contributed by atoms with E-state index in [4.69, 9.17) is 11.6 Å². The Labute approximate surface area is 140 Å². The number of hydrogen-bond donors (Lipinski definition) is 2. The van der Waals surface area contributed by atoms with E-state index in [2.05, 4.69) is 10.6 Å². The zero-order valence-electron chi connectivity index (χ0n) is 13.0. The van der Waals surface area contributed by atoms with E-state index in [0.29, 0.717) is 23.6 Å². The molecule has 0 saturated heterocycles. The van der Waals surface area contributed by atoms with Crippen LogP contribution in [0.15, 0.2) is 48.5 Å². The second-order valence-electron chi connectivity index (χ2n) is 5.32. The third kappa shape index (κ3) is 5.34. The molecule has 0 bridgehead atoms. The topological polar surface area (TPSA) is 41.1 Å². The molecular weight excluding hydrogens is 315 g/mol. The lowest BCUT2D eigenvalue weighted by molar-refractivity contribution is -0.120.